The average molecular weight is 194 g/mol. The predicted molar refractivity (Wildman–Crippen MR) is 56.2 cm³/mol. The summed E-state index contributed by atoms with van der Waals surface area (Å²) >= 11 is 4.40. The molecule has 0 aromatic carbocycles. The van der Waals surface area contributed by atoms with E-state index in [-0.39, 0.29) is 6.33 Å². The molecule has 0 radical (unpaired) electrons. The van der Waals surface area contributed by atoms with Gasteiger partial charge in [-0.2, -0.15) is 0 Å². The minimum Gasteiger partial charge on any atom is -0.122 e. The number of hydrogen-bond donors (Lipinski definition) is 0. The van der Waals surface area contributed by atoms with Crippen LogP contribution in [0.15, 0.2) is 0 Å². The summed E-state index contributed by atoms with van der Waals surface area (Å²) in [7, 11) is 0. The smallest absolute Gasteiger partial charge is 0.0177 e. The molecule has 1 aliphatic rings. The Morgan fingerprint density at radius 2 is 1.60 bits per heavy atom. The van der Waals surface area contributed by atoms with Gasteiger partial charge in [-0.1, -0.05) is 20.8 Å². The quantitative estimate of drug-likeness (QED) is 0.535. The van der Waals surface area contributed by atoms with Gasteiger partial charge in [-0.05, 0) is 17.9 Å². The van der Waals surface area contributed by atoms with Gasteiger partial charge < -0.3 is 0 Å². The van der Waals surface area contributed by atoms with Crippen molar-refractivity contribution in [2.24, 2.45) is 0 Å². The van der Waals surface area contributed by atoms with Gasteiger partial charge in [-0.3, -0.25) is 0 Å². The highest BCUT2D eigenvalue weighted by Crippen LogP contribution is 2.71. The van der Waals surface area contributed by atoms with Gasteiger partial charge in [0, 0.05) is 11.5 Å². The Morgan fingerprint density at radius 3 is 1.90 bits per heavy atom. The summed E-state index contributed by atoms with van der Waals surface area (Å²) in [6.45, 7) is 7.10. The van der Waals surface area contributed by atoms with E-state index >= 15 is 0 Å². The zero-order valence-corrected chi connectivity index (χ0v) is 9.41. The number of rotatable bonds is 0. The van der Waals surface area contributed by atoms with Gasteiger partial charge >= 0.3 is 0 Å². The van der Waals surface area contributed by atoms with Crippen molar-refractivity contribution in [3.63, 3.8) is 0 Å². The Balaban J connectivity index is 2.39. The summed E-state index contributed by atoms with van der Waals surface area (Å²) in [5.74, 6) is 2.80. The van der Waals surface area contributed by atoms with Crippen molar-refractivity contribution in [2.75, 3.05) is 11.5 Å². The third-order valence-electron chi connectivity index (χ3n) is 1.25. The summed E-state index contributed by atoms with van der Waals surface area (Å²) in [5.41, 5.74) is 0. The van der Waals surface area contributed by atoms with Crippen LogP contribution >= 0.6 is 29.1 Å². The van der Waals surface area contributed by atoms with Gasteiger partial charge in [0.05, 0.1) is 0 Å². The van der Waals surface area contributed by atoms with Gasteiger partial charge in [0.2, 0.25) is 0 Å². The molecule has 0 aromatic rings. The molecule has 0 N–H and O–H groups in total. The molecule has 1 heterocycles. The molecule has 0 unspecified atom stereocenters. The molecule has 0 atom stereocenters. The van der Waals surface area contributed by atoms with Gasteiger partial charge in [0.25, 0.3) is 0 Å². The molecule has 0 aliphatic carbocycles. The van der Waals surface area contributed by atoms with Crippen molar-refractivity contribution in [3.05, 3.63) is 0 Å². The van der Waals surface area contributed by atoms with Crippen molar-refractivity contribution in [3.8, 4) is 0 Å². The molecular weight excluding hydrogens is 179 g/mol. The fraction of sp³-hybridized carbons (Fsp3) is 1.00. The highest BCUT2D eigenvalue weighted by molar-refractivity contribution is 8.88. The molecule has 10 heavy (non-hydrogen) atoms. The molecule has 1 aliphatic heterocycles. The summed E-state index contributed by atoms with van der Waals surface area (Å²) in [6.07, 6.45) is 1.64. The first kappa shape index (κ1) is 9.22. The Morgan fingerprint density at radius 1 is 1.10 bits per heavy atom. The third-order valence-corrected chi connectivity index (χ3v) is 11.4. The Labute approximate surface area is 73.2 Å². The van der Waals surface area contributed by atoms with E-state index in [1.807, 2.05) is 0 Å². The molecule has 1 saturated heterocycles. The van der Waals surface area contributed by atoms with E-state index in [4.69, 9.17) is 0 Å². The maximum atomic E-state index is 2.37. The fourth-order valence-corrected chi connectivity index (χ4v) is 9.02. The minimum absolute atomic E-state index is 0.221. The normalized spacial score (nSPS) is 23.1. The molecule has 0 amide bonds. The first-order valence-corrected chi connectivity index (χ1v) is 8.19. The van der Waals surface area contributed by atoms with E-state index < -0.39 is 0 Å². The van der Waals surface area contributed by atoms with Crippen LogP contribution in [0.3, 0.4) is 0 Å². The number of hydrogen-bond acceptors (Lipinski definition) is 2. The first-order chi connectivity index (χ1) is 4.61. The highest BCUT2D eigenvalue weighted by Gasteiger charge is 2.27. The Bertz CT molecular complexity index is 103. The molecule has 0 saturated carbocycles. The standard InChI is InChI=1S/C7H15PS2/c1-7(2,3)8-9-5-4-6-10-8/h4-6H2,1-3H3. The van der Waals surface area contributed by atoms with Crippen LogP contribution in [0, 0.1) is 0 Å². The van der Waals surface area contributed by atoms with E-state index in [1.165, 1.54) is 17.9 Å². The van der Waals surface area contributed by atoms with E-state index in [1.54, 1.807) is 0 Å². The molecule has 3 heteroatoms. The van der Waals surface area contributed by atoms with Crippen LogP contribution in [0.1, 0.15) is 27.2 Å². The van der Waals surface area contributed by atoms with Crippen LogP contribution in [-0.4, -0.2) is 16.7 Å². The monoisotopic (exact) mass is 194 g/mol. The topological polar surface area (TPSA) is 0 Å². The van der Waals surface area contributed by atoms with Crippen molar-refractivity contribution < 1.29 is 0 Å². The van der Waals surface area contributed by atoms with Crippen LogP contribution in [0.4, 0.5) is 0 Å². The predicted octanol–water partition coefficient (Wildman–Crippen LogP) is 3.97. The minimum atomic E-state index is 0.221. The van der Waals surface area contributed by atoms with Gasteiger partial charge in [-0.25, -0.2) is 0 Å². The lowest BCUT2D eigenvalue weighted by Gasteiger charge is -2.32. The molecule has 1 fully saturated rings. The first-order valence-electron chi connectivity index (χ1n) is 3.67. The van der Waals surface area contributed by atoms with Crippen molar-refractivity contribution in [2.45, 2.75) is 32.3 Å². The van der Waals surface area contributed by atoms with Crippen molar-refractivity contribution >= 4 is 29.1 Å². The molecule has 1 rings (SSSR count). The van der Waals surface area contributed by atoms with E-state index in [0.29, 0.717) is 5.16 Å². The summed E-state index contributed by atoms with van der Waals surface area (Å²) in [4.78, 5) is 0. The van der Waals surface area contributed by atoms with E-state index in [2.05, 4.69) is 43.5 Å². The second-order valence-electron chi connectivity index (χ2n) is 3.45. The Hall–Kier alpha value is 1.13. The van der Waals surface area contributed by atoms with Crippen molar-refractivity contribution in [1.82, 2.24) is 0 Å². The summed E-state index contributed by atoms with van der Waals surface area (Å²) < 4.78 is 0. The molecule has 0 aromatic heterocycles. The van der Waals surface area contributed by atoms with Crippen LogP contribution in [0.5, 0.6) is 0 Å². The lowest BCUT2D eigenvalue weighted by molar-refractivity contribution is 0.799. The maximum absolute atomic E-state index is 2.37. The molecule has 0 spiro atoms. The fourth-order valence-electron chi connectivity index (χ4n) is 0.778. The zero-order chi connectivity index (χ0) is 7.61. The van der Waals surface area contributed by atoms with Crippen LogP contribution in [0.2, 0.25) is 0 Å². The van der Waals surface area contributed by atoms with Crippen LogP contribution in [-0.2, 0) is 0 Å². The van der Waals surface area contributed by atoms with Gasteiger partial charge in [0.1, 0.15) is 0 Å². The molecule has 0 nitrogen and oxygen atoms in total. The largest absolute Gasteiger partial charge is 0.122 e. The van der Waals surface area contributed by atoms with E-state index in [9.17, 15) is 0 Å². The van der Waals surface area contributed by atoms with Crippen LogP contribution < -0.4 is 0 Å². The SMILES string of the molecule is CC(C)(C)P1SCCCS1. The zero-order valence-electron chi connectivity index (χ0n) is 6.89. The molecule has 0 bridgehead atoms. The maximum Gasteiger partial charge on any atom is 0.0177 e. The lowest BCUT2D eigenvalue weighted by atomic mass is 10.3. The molecular formula is C7H15PS2. The molecule has 60 valence electrons. The van der Waals surface area contributed by atoms with Gasteiger partial charge in [0.15, 0.2) is 0 Å². The second-order valence-corrected chi connectivity index (χ2v) is 11.1. The lowest BCUT2D eigenvalue weighted by Crippen LogP contribution is -2.09. The van der Waals surface area contributed by atoms with E-state index in [0.717, 1.165) is 0 Å². The average Bonchev–Trinajstić information content (AvgIpc) is 1.88. The van der Waals surface area contributed by atoms with Crippen molar-refractivity contribution in [1.29, 1.82) is 0 Å². The summed E-state index contributed by atoms with van der Waals surface area (Å²) in [5, 5.41) is 0.561. The highest BCUT2D eigenvalue weighted by atomic mass is 33.1. The second kappa shape index (κ2) is 3.69. The van der Waals surface area contributed by atoms with Crippen LogP contribution in [0.25, 0.3) is 0 Å². The third kappa shape index (κ3) is 2.64. The summed E-state index contributed by atoms with van der Waals surface area (Å²) in [6, 6.07) is 0. The Kier molecular flexibility index (Phi) is 3.40. The van der Waals surface area contributed by atoms with Gasteiger partial charge in [-0.15, -0.1) is 22.8 Å².